The van der Waals surface area contributed by atoms with Crippen molar-refractivity contribution in [2.45, 2.75) is 51.3 Å². The van der Waals surface area contributed by atoms with Crippen LogP contribution >= 0.6 is 0 Å². The molecule has 4 nitrogen and oxygen atoms in total. The van der Waals surface area contributed by atoms with Crippen molar-refractivity contribution in [2.24, 2.45) is 5.92 Å². The Kier molecular flexibility index (Phi) is 3.03. The zero-order valence-electron chi connectivity index (χ0n) is 9.60. The molecule has 1 saturated heterocycles. The first kappa shape index (κ1) is 11.3. The maximum atomic E-state index is 8.74. The van der Waals surface area contributed by atoms with Crippen molar-refractivity contribution in [3.8, 4) is 0 Å². The van der Waals surface area contributed by atoms with Crippen molar-refractivity contribution < 1.29 is 19.3 Å². The van der Waals surface area contributed by atoms with Crippen LogP contribution in [0.4, 0.5) is 0 Å². The van der Waals surface area contributed by atoms with E-state index in [9.17, 15) is 0 Å². The Balaban J connectivity index is 1.99. The van der Waals surface area contributed by atoms with E-state index in [0.717, 1.165) is 6.42 Å². The minimum atomic E-state index is -0.495. The summed E-state index contributed by atoms with van der Waals surface area (Å²) in [6.07, 6.45) is 1.19. The second-order valence-corrected chi connectivity index (χ2v) is 4.91. The molecule has 0 aromatic heterocycles. The first-order valence-electron chi connectivity index (χ1n) is 5.61. The first-order chi connectivity index (χ1) is 7.03. The largest absolute Gasteiger partial charge is 0.394 e. The number of fused-ring (bicyclic) bond motifs is 1. The van der Waals surface area contributed by atoms with Crippen LogP contribution in [0.5, 0.6) is 0 Å². The fourth-order valence-corrected chi connectivity index (χ4v) is 2.55. The van der Waals surface area contributed by atoms with Gasteiger partial charge in [-0.3, -0.25) is 0 Å². The molecule has 1 saturated carbocycles. The van der Waals surface area contributed by atoms with Gasteiger partial charge in [-0.15, -0.1) is 0 Å². The molecule has 88 valence electrons. The van der Waals surface area contributed by atoms with Gasteiger partial charge in [0.05, 0.1) is 25.4 Å². The van der Waals surface area contributed by atoms with Crippen LogP contribution in [0.3, 0.4) is 0 Å². The minimum absolute atomic E-state index is 0.0292. The third-order valence-electron chi connectivity index (χ3n) is 3.12. The maximum Gasteiger partial charge on any atom is 0.163 e. The summed E-state index contributed by atoms with van der Waals surface area (Å²) in [4.78, 5) is 0. The van der Waals surface area contributed by atoms with Crippen LogP contribution in [0, 0.1) is 5.92 Å². The Bertz CT molecular complexity index is 229. The van der Waals surface area contributed by atoms with Crippen LogP contribution in [0.15, 0.2) is 0 Å². The molecule has 0 aromatic rings. The van der Waals surface area contributed by atoms with E-state index < -0.39 is 5.79 Å². The molecule has 0 amide bonds. The quantitative estimate of drug-likeness (QED) is 0.762. The molecule has 4 heteroatoms. The number of aliphatic hydroxyl groups excluding tert-OH is 1. The highest BCUT2D eigenvalue weighted by Gasteiger charge is 2.52. The Morgan fingerprint density at radius 3 is 2.67 bits per heavy atom. The summed E-state index contributed by atoms with van der Waals surface area (Å²) in [7, 11) is 0. The molecule has 1 aliphatic carbocycles. The summed E-state index contributed by atoms with van der Waals surface area (Å²) in [5.74, 6) is -0.0364. The maximum absolute atomic E-state index is 8.74. The summed E-state index contributed by atoms with van der Waals surface area (Å²) in [6, 6.07) is 0. The van der Waals surface area contributed by atoms with Gasteiger partial charge in [-0.2, -0.15) is 0 Å². The van der Waals surface area contributed by atoms with Crippen LogP contribution in [0.2, 0.25) is 0 Å². The zero-order valence-corrected chi connectivity index (χ0v) is 9.60. The van der Waals surface area contributed by atoms with Crippen LogP contribution in [-0.4, -0.2) is 42.4 Å². The highest BCUT2D eigenvalue weighted by Crippen LogP contribution is 2.42. The molecule has 2 aliphatic rings. The van der Waals surface area contributed by atoms with E-state index in [2.05, 4.69) is 6.92 Å². The first-order valence-corrected chi connectivity index (χ1v) is 5.61. The van der Waals surface area contributed by atoms with E-state index in [1.807, 2.05) is 13.8 Å². The van der Waals surface area contributed by atoms with Crippen molar-refractivity contribution in [3.63, 3.8) is 0 Å². The molecule has 1 N–H and O–H groups in total. The van der Waals surface area contributed by atoms with Crippen molar-refractivity contribution in [1.29, 1.82) is 0 Å². The van der Waals surface area contributed by atoms with E-state index in [1.54, 1.807) is 0 Å². The van der Waals surface area contributed by atoms with Gasteiger partial charge in [-0.25, -0.2) is 0 Å². The molecule has 1 heterocycles. The lowest BCUT2D eigenvalue weighted by Crippen LogP contribution is -2.31. The third-order valence-corrected chi connectivity index (χ3v) is 3.12. The van der Waals surface area contributed by atoms with Crippen LogP contribution in [0.25, 0.3) is 0 Å². The van der Waals surface area contributed by atoms with Gasteiger partial charge in [0.1, 0.15) is 6.10 Å². The molecule has 0 aromatic carbocycles. The molecule has 0 spiro atoms. The van der Waals surface area contributed by atoms with Gasteiger partial charge in [0.15, 0.2) is 5.79 Å². The second-order valence-electron chi connectivity index (χ2n) is 4.91. The van der Waals surface area contributed by atoms with Gasteiger partial charge in [0.2, 0.25) is 0 Å². The van der Waals surface area contributed by atoms with Crippen molar-refractivity contribution in [1.82, 2.24) is 0 Å². The predicted molar refractivity (Wildman–Crippen MR) is 54.4 cm³/mol. The van der Waals surface area contributed by atoms with E-state index >= 15 is 0 Å². The Morgan fingerprint density at radius 2 is 2.00 bits per heavy atom. The molecule has 1 aliphatic heterocycles. The lowest BCUT2D eigenvalue weighted by molar-refractivity contribution is -0.171. The van der Waals surface area contributed by atoms with Gasteiger partial charge in [0, 0.05) is 0 Å². The molecule has 0 bridgehead atoms. The smallest absolute Gasteiger partial charge is 0.163 e. The van der Waals surface area contributed by atoms with E-state index in [-0.39, 0.29) is 24.9 Å². The van der Waals surface area contributed by atoms with Gasteiger partial charge in [-0.1, -0.05) is 6.92 Å². The van der Waals surface area contributed by atoms with E-state index in [4.69, 9.17) is 19.3 Å². The lowest BCUT2D eigenvalue weighted by atomic mass is 10.1. The summed E-state index contributed by atoms with van der Waals surface area (Å²) in [6.45, 7) is 6.46. The van der Waals surface area contributed by atoms with Crippen molar-refractivity contribution in [2.75, 3.05) is 13.2 Å². The molecule has 2 rings (SSSR count). The molecule has 4 atom stereocenters. The molecular formula is C11H20O4. The fraction of sp³-hybridized carbons (Fsp3) is 1.00. The monoisotopic (exact) mass is 216 g/mol. The average molecular weight is 216 g/mol. The molecule has 15 heavy (non-hydrogen) atoms. The Labute approximate surface area is 90.5 Å². The topological polar surface area (TPSA) is 47.9 Å². The van der Waals surface area contributed by atoms with Crippen molar-refractivity contribution in [3.05, 3.63) is 0 Å². The van der Waals surface area contributed by atoms with Gasteiger partial charge in [-0.05, 0) is 26.2 Å². The highest BCUT2D eigenvalue weighted by molar-refractivity contribution is 4.97. The fourth-order valence-electron chi connectivity index (χ4n) is 2.55. The molecule has 2 fully saturated rings. The van der Waals surface area contributed by atoms with Gasteiger partial charge in [0.25, 0.3) is 0 Å². The molecular weight excluding hydrogens is 196 g/mol. The second kappa shape index (κ2) is 4.01. The minimum Gasteiger partial charge on any atom is -0.394 e. The van der Waals surface area contributed by atoms with Gasteiger partial charge >= 0.3 is 0 Å². The standard InChI is InChI=1S/C11H20O4/c1-7-6-8(13-5-4-12)10-9(7)14-11(2,3)15-10/h7-10,12H,4-6H2,1-3H3/t7-,8+,9+,10-/m1/s1. The Hall–Kier alpha value is -0.160. The highest BCUT2D eigenvalue weighted by atomic mass is 16.8. The zero-order chi connectivity index (χ0) is 11.1. The average Bonchev–Trinajstić information content (AvgIpc) is 2.60. The van der Waals surface area contributed by atoms with Crippen LogP contribution < -0.4 is 0 Å². The van der Waals surface area contributed by atoms with Gasteiger partial charge < -0.3 is 19.3 Å². The lowest BCUT2D eigenvalue weighted by Gasteiger charge is -2.22. The van der Waals surface area contributed by atoms with Crippen molar-refractivity contribution >= 4 is 0 Å². The SMILES string of the molecule is C[C@@H]1C[C@H](OCCO)[C@H]2OC(C)(C)O[C@H]21. The number of ether oxygens (including phenoxy) is 3. The predicted octanol–water partition coefficient (Wildman–Crippen LogP) is 0.924. The summed E-state index contributed by atoms with van der Waals surface area (Å²) < 4.78 is 17.2. The van der Waals surface area contributed by atoms with Crippen LogP contribution in [0.1, 0.15) is 27.2 Å². The normalized spacial score (nSPS) is 43.2. The summed E-state index contributed by atoms with van der Waals surface area (Å²) in [5.41, 5.74) is 0. The third kappa shape index (κ3) is 2.18. The Morgan fingerprint density at radius 1 is 1.33 bits per heavy atom. The van der Waals surface area contributed by atoms with E-state index in [0.29, 0.717) is 12.5 Å². The summed E-state index contributed by atoms with van der Waals surface area (Å²) in [5, 5.41) is 8.74. The number of rotatable bonds is 3. The number of aliphatic hydroxyl groups is 1. The summed E-state index contributed by atoms with van der Waals surface area (Å²) >= 11 is 0. The number of hydrogen-bond donors (Lipinski definition) is 1. The molecule has 0 unspecified atom stereocenters. The van der Waals surface area contributed by atoms with E-state index in [1.165, 1.54) is 0 Å². The van der Waals surface area contributed by atoms with Crippen LogP contribution in [-0.2, 0) is 14.2 Å². The number of hydrogen-bond acceptors (Lipinski definition) is 4. The molecule has 0 radical (unpaired) electrons.